The number of phenolic OH excluding ortho intramolecular Hbond substituents is 2. The van der Waals surface area contributed by atoms with Gasteiger partial charge in [0.2, 0.25) is 0 Å². The van der Waals surface area contributed by atoms with E-state index < -0.39 is 0 Å². The Hall–Kier alpha value is -1.52. The summed E-state index contributed by atoms with van der Waals surface area (Å²) in [5, 5.41) is 24.4. The van der Waals surface area contributed by atoms with Crippen molar-refractivity contribution >= 4 is 11.3 Å². The third-order valence-electron chi connectivity index (χ3n) is 2.89. The zero-order valence-electron chi connectivity index (χ0n) is 10.4. The number of hydrogen-bond acceptors (Lipinski definition) is 4. The Labute approximate surface area is 111 Å². The van der Waals surface area contributed by atoms with Crippen molar-refractivity contribution in [1.29, 1.82) is 0 Å². The van der Waals surface area contributed by atoms with E-state index in [1.807, 2.05) is 13.0 Å². The lowest BCUT2D eigenvalue weighted by Crippen LogP contribution is -2.21. The molecule has 0 spiro atoms. The highest BCUT2D eigenvalue weighted by molar-refractivity contribution is 7.10. The van der Waals surface area contributed by atoms with Crippen LogP contribution in [0.2, 0.25) is 0 Å². The van der Waals surface area contributed by atoms with Gasteiger partial charge in [0.05, 0.1) is 0 Å². The molecule has 1 heterocycles. The van der Waals surface area contributed by atoms with Gasteiger partial charge < -0.3 is 15.5 Å². The zero-order chi connectivity index (χ0) is 13.1. The maximum atomic E-state index is 9.48. The maximum absolute atomic E-state index is 9.48. The number of aromatic hydroxyl groups is 2. The van der Waals surface area contributed by atoms with Crippen LogP contribution in [0.15, 0.2) is 35.7 Å². The largest absolute Gasteiger partial charge is 0.508 e. The second-order valence-electron chi connectivity index (χ2n) is 4.41. The van der Waals surface area contributed by atoms with E-state index in [4.69, 9.17) is 0 Å². The predicted molar refractivity (Wildman–Crippen MR) is 74.1 cm³/mol. The van der Waals surface area contributed by atoms with E-state index in [0.717, 1.165) is 5.56 Å². The molecule has 3 N–H and O–H groups in total. The van der Waals surface area contributed by atoms with Crippen LogP contribution < -0.4 is 5.32 Å². The highest BCUT2D eigenvalue weighted by Crippen LogP contribution is 2.27. The van der Waals surface area contributed by atoms with Gasteiger partial charge in [-0.3, -0.25) is 0 Å². The lowest BCUT2D eigenvalue weighted by atomic mass is 10.1. The highest BCUT2D eigenvalue weighted by atomic mass is 32.1. The van der Waals surface area contributed by atoms with Crippen LogP contribution in [0.1, 0.15) is 36.4 Å². The molecule has 0 saturated heterocycles. The fourth-order valence-electron chi connectivity index (χ4n) is 1.96. The summed E-state index contributed by atoms with van der Waals surface area (Å²) >= 11 is 1.71. The normalized spacial score (nSPS) is 14.3. The second-order valence-corrected chi connectivity index (χ2v) is 5.39. The quantitative estimate of drug-likeness (QED) is 0.790. The number of hydrogen-bond donors (Lipinski definition) is 3. The van der Waals surface area contributed by atoms with Crippen LogP contribution in [-0.2, 0) is 0 Å². The average molecular weight is 263 g/mol. The molecule has 4 heteroatoms. The molecule has 0 aliphatic carbocycles. The van der Waals surface area contributed by atoms with E-state index in [1.165, 1.54) is 10.9 Å². The molecule has 2 rings (SSSR count). The van der Waals surface area contributed by atoms with Gasteiger partial charge >= 0.3 is 0 Å². The third-order valence-corrected chi connectivity index (χ3v) is 3.95. The molecule has 0 bridgehead atoms. The van der Waals surface area contributed by atoms with E-state index in [-0.39, 0.29) is 23.6 Å². The highest BCUT2D eigenvalue weighted by Gasteiger charge is 2.13. The maximum Gasteiger partial charge on any atom is 0.119 e. The van der Waals surface area contributed by atoms with E-state index in [0.29, 0.717) is 0 Å². The van der Waals surface area contributed by atoms with Crippen LogP contribution >= 0.6 is 11.3 Å². The minimum atomic E-state index is 0.0556. The first-order valence-corrected chi connectivity index (χ1v) is 6.76. The van der Waals surface area contributed by atoms with Crippen molar-refractivity contribution < 1.29 is 10.2 Å². The Morgan fingerprint density at radius 1 is 1.06 bits per heavy atom. The molecule has 1 aromatic heterocycles. The molecule has 0 radical (unpaired) electrons. The van der Waals surface area contributed by atoms with Gasteiger partial charge in [-0.2, -0.15) is 0 Å². The van der Waals surface area contributed by atoms with Crippen molar-refractivity contribution in [2.24, 2.45) is 0 Å². The Balaban J connectivity index is 2.09. The van der Waals surface area contributed by atoms with Crippen LogP contribution in [0.4, 0.5) is 0 Å². The SMILES string of the molecule is CC(N[C@H](C)c1cccs1)c1cc(O)cc(O)c1. The Bertz CT molecular complexity index is 490. The standard InChI is InChI=1S/C14H17NO2S/c1-9(11-6-12(16)8-13(17)7-11)15-10(2)14-4-3-5-18-14/h3-10,15-17H,1-2H3/t9?,10-/m1/s1. The Kier molecular flexibility index (Phi) is 3.89. The van der Waals surface area contributed by atoms with Crippen molar-refractivity contribution in [2.45, 2.75) is 25.9 Å². The summed E-state index contributed by atoms with van der Waals surface area (Å²) in [6, 6.07) is 9.08. The van der Waals surface area contributed by atoms with Crippen molar-refractivity contribution in [1.82, 2.24) is 5.32 Å². The summed E-state index contributed by atoms with van der Waals surface area (Å²) in [6.45, 7) is 4.11. The first kappa shape index (κ1) is 12.9. The molecule has 1 unspecified atom stereocenters. The lowest BCUT2D eigenvalue weighted by Gasteiger charge is -2.19. The molecule has 2 aromatic rings. The van der Waals surface area contributed by atoms with Gasteiger partial charge in [0.15, 0.2) is 0 Å². The third kappa shape index (κ3) is 3.03. The van der Waals surface area contributed by atoms with Gasteiger partial charge in [0.25, 0.3) is 0 Å². The molecule has 96 valence electrons. The topological polar surface area (TPSA) is 52.5 Å². The Morgan fingerprint density at radius 3 is 2.28 bits per heavy atom. The molecule has 2 atom stereocenters. The minimum Gasteiger partial charge on any atom is -0.508 e. The van der Waals surface area contributed by atoms with E-state index in [2.05, 4.69) is 23.7 Å². The number of nitrogens with one attached hydrogen (secondary N) is 1. The molecule has 18 heavy (non-hydrogen) atoms. The van der Waals surface area contributed by atoms with E-state index in [1.54, 1.807) is 23.5 Å². The van der Waals surface area contributed by atoms with Gasteiger partial charge in [-0.1, -0.05) is 6.07 Å². The average Bonchev–Trinajstić information content (AvgIpc) is 2.80. The first-order chi connectivity index (χ1) is 8.56. The summed E-state index contributed by atoms with van der Waals surface area (Å²) in [6.07, 6.45) is 0. The minimum absolute atomic E-state index is 0.0556. The van der Waals surface area contributed by atoms with Crippen LogP contribution in [0, 0.1) is 0 Å². The number of phenols is 2. The summed E-state index contributed by atoms with van der Waals surface area (Å²) in [4.78, 5) is 1.27. The van der Waals surface area contributed by atoms with Crippen LogP contribution in [-0.4, -0.2) is 10.2 Å². The summed E-state index contributed by atoms with van der Waals surface area (Å²) in [7, 11) is 0. The first-order valence-electron chi connectivity index (χ1n) is 5.88. The molecular formula is C14H17NO2S. The molecule has 0 aliphatic heterocycles. The second kappa shape index (κ2) is 5.42. The molecule has 1 aromatic carbocycles. The van der Waals surface area contributed by atoms with Crippen molar-refractivity contribution in [3.05, 3.63) is 46.2 Å². The van der Waals surface area contributed by atoms with Gasteiger partial charge in [-0.25, -0.2) is 0 Å². The molecule has 0 fully saturated rings. The smallest absolute Gasteiger partial charge is 0.119 e. The number of thiophene rings is 1. The molecule has 0 saturated carbocycles. The lowest BCUT2D eigenvalue weighted by molar-refractivity contribution is 0.442. The van der Waals surface area contributed by atoms with E-state index in [9.17, 15) is 10.2 Å². The fourth-order valence-corrected chi connectivity index (χ4v) is 2.70. The van der Waals surface area contributed by atoms with Gasteiger partial charge in [0, 0.05) is 23.0 Å². The van der Waals surface area contributed by atoms with Crippen LogP contribution in [0.3, 0.4) is 0 Å². The van der Waals surface area contributed by atoms with Gasteiger partial charge in [-0.05, 0) is 43.0 Å². The fraction of sp³-hybridized carbons (Fsp3) is 0.286. The van der Waals surface area contributed by atoms with Crippen LogP contribution in [0.25, 0.3) is 0 Å². The molecular weight excluding hydrogens is 246 g/mol. The van der Waals surface area contributed by atoms with Gasteiger partial charge in [-0.15, -0.1) is 11.3 Å². The predicted octanol–water partition coefficient (Wildman–Crippen LogP) is 3.57. The van der Waals surface area contributed by atoms with Crippen molar-refractivity contribution in [3.63, 3.8) is 0 Å². The summed E-state index contributed by atoms with van der Waals surface area (Å²) in [5.41, 5.74) is 0.871. The van der Waals surface area contributed by atoms with E-state index >= 15 is 0 Å². The molecule has 3 nitrogen and oxygen atoms in total. The molecule has 0 amide bonds. The summed E-state index contributed by atoms with van der Waals surface area (Å²) in [5.74, 6) is 0.171. The zero-order valence-corrected chi connectivity index (χ0v) is 11.2. The van der Waals surface area contributed by atoms with Crippen molar-refractivity contribution in [3.8, 4) is 11.5 Å². The number of benzene rings is 1. The molecule has 0 aliphatic rings. The summed E-state index contributed by atoms with van der Waals surface area (Å²) < 4.78 is 0. The van der Waals surface area contributed by atoms with Crippen molar-refractivity contribution in [2.75, 3.05) is 0 Å². The number of rotatable bonds is 4. The monoisotopic (exact) mass is 263 g/mol. The van der Waals surface area contributed by atoms with Gasteiger partial charge in [0.1, 0.15) is 11.5 Å². The van der Waals surface area contributed by atoms with Crippen LogP contribution in [0.5, 0.6) is 11.5 Å². The Morgan fingerprint density at radius 2 is 1.72 bits per heavy atom.